The molecule has 0 aliphatic carbocycles. The van der Waals surface area contributed by atoms with Crippen molar-refractivity contribution in [3.05, 3.63) is 0 Å². The molecule has 72 valence electrons. The predicted molar refractivity (Wildman–Crippen MR) is 34.2 cm³/mol. The molecule has 0 aromatic rings. The van der Waals surface area contributed by atoms with E-state index in [4.69, 9.17) is 15.0 Å². The van der Waals surface area contributed by atoms with Crippen LogP contribution in [0.3, 0.4) is 0 Å². The van der Waals surface area contributed by atoms with Gasteiger partial charge in [0.15, 0.2) is 0 Å². The smallest absolute Gasteiger partial charge is 0.549 e. The number of nitrogens with two attached hydrogens (primary N) is 1. The van der Waals surface area contributed by atoms with Crippen molar-refractivity contribution in [2.45, 2.75) is 0 Å². The van der Waals surface area contributed by atoms with Crippen molar-refractivity contribution in [3.63, 3.8) is 0 Å². The summed E-state index contributed by atoms with van der Waals surface area (Å²) >= 11 is 0. The molecule has 0 saturated carbocycles. The summed E-state index contributed by atoms with van der Waals surface area (Å²) in [6.45, 7) is -1.01. The SMILES string of the molecule is NCC(=O)[O-].O=C([O-])CNCO.[Na+].[Na+]. The summed E-state index contributed by atoms with van der Waals surface area (Å²) in [7, 11) is 0. The van der Waals surface area contributed by atoms with Crippen LogP contribution in [0.5, 0.6) is 0 Å². The molecule has 9 heteroatoms. The van der Waals surface area contributed by atoms with Crippen LogP contribution in [0.4, 0.5) is 0 Å². The number of nitrogens with one attached hydrogen (secondary N) is 1. The van der Waals surface area contributed by atoms with E-state index < -0.39 is 11.9 Å². The van der Waals surface area contributed by atoms with Crippen LogP contribution in [0.2, 0.25) is 0 Å². The van der Waals surface area contributed by atoms with E-state index in [1.54, 1.807) is 0 Å². The van der Waals surface area contributed by atoms with E-state index in [0.717, 1.165) is 0 Å². The molecule has 0 radical (unpaired) electrons. The fourth-order valence-electron chi connectivity index (χ4n) is 0.158. The van der Waals surface area contributed by atoms with Crippen molar-refractivity contribution in [1.82, 2.24) is 5.32 Å². The van der Waals surface area contributed by atoms with Crippen molar-refractivity contribution in [2.24, 2.45) is 5.73 Å². The van der Waals surface area contributed by atoms with Crippen LogP contribution >= 0.6 is 0 Å². The Hall–Kier alpha value is 0.820. The van der Waals surface area contributed by atoms with E-state index >= 15 is 0 Å². The Morgan fingerprint density at radius 1 is 1.21 bits per heavy atom. The van der Waals surface area contributed by atoms with E-state index in [2.05, 4.69) is 11.1 Å². The van der Waals surface area contributed by atoms with Gasteiger partial charge in [-0.05, 0) is 0 Å². The van der Waals surface area contributed by atoms with Gasteiger partial charge >= 0.3 is 59.1 Å². The number of carbonyl (C=O) groups excluding carboxylic acids is 2. The van der Waals surface area contributed by atoms with Crippen LogP contribution in [0.25, 0.3) is 0 Å². The molecule has 0 bridgehead atoms. The third-order valence-corrected chi connectivity index (χ3v) is 0.548. The van der Waals surface area contributed by atoms with Crippen LogP contribution in [0.15, 0.2) is 0 Å². The number of aliphatic hydroxyl groups excluding tert-OH is 1. The maximum atomic E-state index is 9.47. The van der Waals surface area contributed by atoms with Gasteiger partial charge in [-0.3, -0.25) is 5.32 Å². The maximum absolute atomic E-state index is 9.47. The van der Waals surface area contributed by atoms with Gasteiger partial charge in [-0.15, -0.1) is 0 Å². The monoisotopic (exact) mass is 224 g/mol. The largest absolute Gasteiger partial charge is 1.00 e. The molecule has 7 nitrogen and oxygen atoms in total. The van der Waals surface area contributed by atoms with E-state index in [1.165, 1.54) is 0 Å². The molecule has 0 rings (SSSR count). The molecule has 0 aliphatic heterocycles. The van der Waals surface area contributed by atoms with E-state index in [1.807, 2.05) is 0 Å². The molecule has 0 aromatic heterocycles. The zero-order chi connectivity index (χ0) is 9.98. The molecule has 0 unspecified atom stereocenters. The summed E-state index contributed by atoms with van der Waals surface area (Å²) in [5.41, 5.74) is 4.51. The summed E-state index contributed by atoms with van der Waals surface area (Å²) in [4.78, 5) is 18.6. The van der Waals surface area contributed by atoms with Crippen molar-refractivity contribution < 1.29 is 84.0 Å². The normalized spacial score (nSPS) is 7.00. The quantitative estimate of drug-likeness (QED) is 0.318. The Morgan fingerprint density at radius 3 is 1.64 bits per heavy atom. The van der Waals surface area contributed by atoms with Gasteiger partial charge in [0.05, 0.1) is 18.7 Å². The Labute approximate surface area is 126 Å². The topological polar surface area (TPSA) is 139 Å². The third kappa shape index (κ3) is 38.5. The Morgan fingerprint density at radius 2 is 1.57 bits per heavy atom. The molecular formula is C5H10N2Na2O5. The van der Waals surface area contributed by atoms with Crippen LogP contribution in [-0.2, 0) is 9.59 Å². The van der Waals surface area contributed by atoms with Gasteiger partial charge in [0.1, 0.15) is 0 Å². The van der Waals surface area contributed by atoms with Gasteiger partial charge in [-0.25, -0.2) is 0 Å². The maximum Gasteiger partial charge on any atom is 1.00 e. The van der Waals surface area contributed by atoms with Gasteiger partial charge in [0.2, 0.25) is 0 Å². The van der Waals surface area contributed by atoms with Crippen LogP contribution < -0.4 is 80.4 Å². The summed E-state index contributed by atoms with van der Waals surface area (Å²) < 4.78 is 0. The average molecular weight is 224 g/mol. The standard InChI is InChI=1S/C3H7NO3.C2H5NO2.2Na/c5-2-4-1-3(6)7;3-1-2(4)5;;/h4-5H,1-2H2,(H,6,7);1,3H2,(H,4,5);;/q;;2*+1/p-2. The number of carboxylic acid groups (broad SMARTS) is 2. The van der Waals surface area contributed by atoms with Crippen molar-refractivity contribution in [1.29, 1.82) is 0 Å². The minimum Gasteiger partial charge on any atom is -0.549 e. The molecular weight excluding hydrogens is 214 g/mol. The zero-order valence-electron chi connectivity index (χ0n) is 8.28. The van der Waals surface area contributed by atoms with Gasteiger partial charge in [0.25, 0.3) is 0 Å². The Kier molecular flexibility index (Phi) is 33.5. The molecule has 0 aliphatic rings. The minimum atomic E-state index is -1.22. The molecule has 0 heterocycles. The second-order valence-corrected chi connectivity index (χ2v) is 1.53. The van der Waals surface area contributed by atoms with Crippen LogP contribution in [0, 0.1) is 0 Å². The second kappa shape index (κ2) is 19.4. The molecule has 4 N–H and O–H groups in total. The van der Waals surface area contributed by atoms with E-state index in [0.29, 0.717) is 0 Å². The fourth-order valence-corrected chi connectivity index (χ4v) is 0.158. The number of carbonyl (C=O) groups is 2. The fraction of sp³-hybridized carbons (Fsp3) is 0.600. The van der Waals surface area contributed by atoms with Crippen LogP contribution in [-0.4, -0.2) is 36.9 Å². The van der Waals surface area contributed by atoms with Crippen molar-refractivity contribution in [3.8, 4) is 0 Å². The molecule has 0 aromatic carbocycles. The zero-order valence-corrected chi connectivity index (χ0v) is 12.3. The summed E-state index contributed by atoms with van der Waals surface area (Å²) in [5, 5.41) is 28.7. The van der Waals surface area contributed by atoms with Gasteiger partial charge in [-0.1, -0.05) is 0 Å². The first-order chi connectivity index (χ1) is 5.54. The first-order valence-corrected chi connectivity index (χ1v) is 2.96. The number of hydrogen-bond acceptors (Lipinski definition) is 7. The average Bonchev–Trinajstić information content (AvgIpc) is 2.02. The van der Waals surface area contributed by atoms with Crippen molar-refractivity contribution in [2.75, 3.05) is 19.8 Å². The summed E-state index contributed by atoms with van der Waals surface area (Å²) in [5.74, 6) is -2.43. The van der Waals surface area contributed by atoms with Crippen LogP contribution in [0.1, 0.15) is 0 Å². The van der Waals surface area contributed by atoms with Gasteiger partial charge in [0, 0.05) is 13.1 Å². The molecule has 14 heavy (non-hydrogen) atoms. The summed E-state index contributed by atoms with van der Waals surface area (Å²) in [6, 6.07) is 0. The first-order valence-electron chi connectivity index (χ1n) is 2.96. The van der Waals surface area contributed by atoms with Gasteiger partial charge < -0.3 is 30.6 Å². The number of carboxylic acids is 2. The molecule has 0 saturated heterocycles. The Bertz CT molecular complexity index is 146. The van der Waals surface area contributed by atoms with Gasteiger partial charge in [-0.2, -0.15) is 0 Å². The molecule has 0 amide bonds. The molecule has 0 fully saturated rings. The number of aliphatic hydroxyl groups is 1. The summed E-state index contributed by atoms with van der Waals surface area (Å²) in [6.07, 6.45) is 0. The van der Waals surface area contributed by atoms with E-state index in [-0.39, 0.29) is 78.9 Å². The van der Waals surface area contributed by atoms with Crippen molar-refractivity contribution >= 4 is 11.9 Å². The number of hydrogen-bond donors (Lipinski definition) is 3. The molecule has 0 atom stereocenters. The predicted octanol–water partition coefficient (Wildman–Crippen LogP) is -11.0. The minimum absolute atomic E-state index is 0. The number of aliphatic carboxylic acids is 2. The first kappa shape index (κ1) is 24.2. The molecule has 0 spiro atoms. The Balaban J connectivity index is -0.0000000651. The second-order valence-electron chi connectivity index (χ2n) is 1.53. The van der Waals surface area contributed by atoms with E-state index in [9.17, 15) is 9.90 Å². The third-order valence-electron chi connectivity index (χ3n) is 0.548. The number of rotatable bonds is 4.